The highest BCUT2D eigenvalue weighted by Crippen LogP contribution is 2.47. The Hall–Kier alpha value is -7.66. The van der Waals surface area contributed by atoms with Gasteiger partial charge >= 0.3 is 5.97 Å². The number of halogens is 2. The monoisotopic (exact) mass is 1270 g/mol. The molecule has 2 unspecified atom stereocenters. The predicted octanol–water partition coefficient (Wildman–Crippen LogP) is -0.800. The molecule has 0 aromatic heterocycles. The van der Waals surface area contributed by atoms with Gasteiger partial charge in [-0.25, -0.2) is 13.6 Å². The van der Waals surface area contributed by atoms with Crippen LogP contribution in [0.1, 0.15) is 138 Å². The highest BCUT2D eigenvalue weighted by Gasteiger charge is 2.62. The van der Waals surface area contributed by atoms with E-state index in [0.29, 0.717) is 32.1 Å². The first-order valence-corrected chi connectivity index (χ1v) is 30.9. The lowest BCUT2D eigenvalue weighted by Crippen LogP contribution is -2.63. The number of ether oxygens (including phenoxy) is 1. The topological polar surface area (TPSA) is 413 Å². The minimum Gasteiger partial charge on any atom is -0.458 e. The number of hydrogen-bond acceptors (Lipinski definition) is 16. The van der Waals surface area contributed by atoms with Gasteiger partial charge in [0.2, 0.25) is 71.4 Å². The zero-order chi connectivity index (χ0) is 67.6. The third kappa shape index (κ3) is 23.0. The zero-order valence-corrected chi connectivity index (χ0v) is 53.1. The fraction of sp³-hybridized carbons (Fsp3) is 0.672. The summed E-state index contributed by atoms with van der Waals surface area (Å²) in [5.41, 5.74) is 4.46. The molecule has 1 aromatic carbocycles. The molecular formula is C61H96F2N12O15. The van der Waals surface area contributed by atoms with Crippen molar-refractivity contribution in [2.45, 2.75) is 217 Å². The lowest BCUT2D eigenvalue weighted by Gasteiger charge is -2.31. The Morgan fingerprint density at radius 1 is 0.700 bits per heavy atom. The Morgan fingerprint density at radius 3 is 1.70 bits per heavy atom. The average Bonchev–Trinajstić information content (AvgIpc) is 1.59. The molecule has 504 valence electrons. The van der Waals surface area contributed by atoms with Crippen LogP contribution in [0, 0.1) is 23.7 Å². The van der Waals surface area contributed by atoms with Crippen molar-refractivity contribution < 1.29 is 81.3 Å². The smallest absolute Gasteiger partial charge is 0.328 e. The van der Waals surface area contributed by atoms with Gasteiger partial charge in [-0.1, -0.05) is 110 Å². The molecule has 29 heteroatoms. The van der Waals surface area contributed by atoms with Gasteiger partial charge in [-0.3, -0.25) is 52.7 Å². The zero-order valence-electron chi connectivity index (χ0n) is 53.1. The Balaban J connectivity index is 1.86. The van der Waals surface area contributed by atoms with Gasteiger partial charge in [0.25, 0.3) is 0 Å². The van der Waals surface area contributed by atoms with Gasteiger partial charge in [0.1, 0.15) is 66.0 Å². The second-order valence-electron chi connectivity index (χ2n) is 23.5. The number of primary amides is 1. The number of likely N-dealkylation sites (N-methyl/N-ethyl adjacent to an activating group) is 1. The van der Waals surface area contributed by atoms with Crippen molar-refractivity contribution in [3.05, 3.63) is 48.6 Å². The molecule has 90 heavy (non-hydrogen) atoms. The normalized spacial score (nSPS) is 22.7. The molecule has 27 nitrogen and oxygen atoms in total. The fourth-order valence-electron chi connectivity index (χ4n) is 10.1. The van der Waals surface area contributed by atoms with E-state index < -0.39 is 206 Å². The van der Waals surface area contributed by atoms with Crippen molar-refractivity contribution in [2.24, 2.45) is 29.4 Å². The number of carbonyl (C=O) groups is 12. The fourth-order valence-corrected chi connectivity index (χ4v) is 10.1. The first-order chi connectivity index (χ1) is 42.6. The summed E-state index contributed by atoms with van der Waals surface area (Å²) in [4.78, 5) is 166. The molecule has 1 saturated carbocycles. The van der Waals surface area contributed by atoms with Crippen molar-refractivity contribution in [1.82, 2.24) is 58.5 Å². The molecule has 1 saturated heterocycles. The maximum absolute atomic E-state index is 14.4. The van der Waals surface area contributed by atoms with Crippen molar-refractivity contribution in [2.75, 3.05) is 20.3 Å². The summed E-state index contributed by atoms with van der Waals surface area (Å²) in [7, 11) is 1.59. The summed E-state index contributed by atoms with van der Waals surface area (Å²) in [5.74, 6) is -14.4. The summed E-state index contributed by atoms with van der Waals surface area (Å²) >= 11 is 0. The highest BCUT2D eigenvalue weighted by atomic mass is 19.3. The van der Waals surface area contributed by atoms with Gasteiger partial charge in [-0.2, -0.15) is 0 Å². The van der Waals surface area contributed by atoms with E-state index in [2.05, 4.69) is 65.1 Å². The third-order valence-electron chi connectivity index (χ3n) is 16.7. The maximum Gasteiger partial charge on any atom is 0.328 e. The molecule has 1 aliphatic carbocycles. The first kappa shape index (κ1) is 76.6. The van der Waals surface area contributed by atoms with Crippen LogP contribution < -0.4 is 64.2 Å². The number of hydrogen-bond donors (Lipinski definition) is 14. The molecule has 2 aliphatic rings. The van der Waals surface area contributed by atoms with Gasteiger partial charge in [0, 0.05) is 12.8 Å². The van der Waals surface area contributed by atoms with Crippen LogP contribution >= 0.6 is 0 Å². The number of aliphatic hydroxyl groups excluding tert-OH is 2. The van der Waals surface area contributed by atoms with Crippen LogP contribution in [0.3, 0.4) is 0 Å². The molecule has 2 fully saturated rings. The van der Waals surface area contributed by atoms with Gasteiger partial charge in [-0.05, 0) is 88.7 Å². The first-order valence-electron chi connectivity index (χ1n) is 30.9. The Morgan fingerprint density at radius 2 is 1.20 bits per heavy atom. The summed E-state index contributed by atoms with van der Waals surface area (Å²) in [6.07, 6.45) is -1.03. The SMILES string of the molecule is C=CCCCCC[C@@H]1NC(=O)C2(CC2CC(F)F)NC(=O)[C@H](C)NC(=O)[C@H](NC(=O)[C@H](CO)NC(=O)[C@@H](NC(=O)[C@H](NC(=O)[C@@H](CCC(N)=O)NC(=O)[C@H](CO)NC(=O)[C@@H](NC(=O)[C@@H](Cc2ccccc2)NC)[C@@H](C)CC)[C@@H](C)CC)[C@@H](C)CC)[C@H](C)OC1=O. The van der Waals surface area contributed by atoms with Crippen LogP contribution in [0.15, 0.2) is 43.0 Å². The van der Waals surface area contributed by atoms with Crippen molar-refractivity contribution in [3.63, 3.8) is 0 Å². The van der Waals surface area contributed by atoms with Crippen LogP contribution in [0.25, 0.3) is 0 Å². The standard InChI is InChI=1S/C61H96F2N12O15/c1-11-15-16-17-21-24-40-59(88)90-36(9)49(58(87)66-35(8)50(79)75-61(60(89)70-40)29-38(61)28-44(62)63)74-54(83)43(31-77)69-56(85)47(33(6)13-3)73-57(86)48(34(7)14-4)71-51(80)39(25-26-45(64)78)67-53(82)42(30-76)68-55(84)46(32(5)12-2)72-52(81)41(65-10)27-37-22-19-18-20-23-37/h11,18-20,22-23,32-36,38-44,46-49,65,76-77H,1,12-17,21,24-31H2,2-10H3,(H2,64,78)(H,66,87)(H,67,82)(H,68,84)(H,69,85)(H,70,89)(H,71,80)(H,72,81)(H,73,86)(H,74,83)(H,75,79)/t32-,33-,34-,35-,36-,38?,39+,40-,41+,42-,43-,46-,47-,48+,49+,61?/m0/s1. The van der Waals surface area contributed by atoms with Crippen LogP contribution in [-0.4, -0.2) is 180 Å². The Kier molecular flexibility index (Phi) is 31.9. The quantitative estimate of drug-likeness (QED) is 0.0222. The van der Waals surface area contributed by atoms with Gasteiger partial charge in [-0.15, -0.1) is 6.58 Å². The molecule has 3 rings (SSSR count). The van der Waals surface area contributed by atoms with E-state index in [4.69, 9.17) is 10.5 Å². The number of benzene rings is 1. The average molecular weight is 1280 g/mol. The molecule has 1 aromatic rings. The molecule has 1 aliphatic heterocycles. The third-order valence-corrected chi connectivity index (χ3v) is 16.7. The van der Waals surface area contributed by atoms with E-state index >= 15 is 0 Å². The minimum absolute atomic E-state index is 0.00278. The molecule has 15 N–H and O–H groups in total. The number of carbonyl (C=O) groups excluding carboxylic acids is 12. The molecular weight excluding hydrogens is 1180 g/mol. The highest BCUT2D eigenvalue weighted by molar-refractivity contribution is 6.01. The number of unbranched alkanes of at least 4 members (excludes halogenated alkanes) is 3. The lowest BCUT2D eigenvalue weighted by molar-refractivity contribution is -0.156. The van der Waals surface area contributed by atoms with Crippen molar-refractivity contribution in [1.29, 1.82) is 0 Å². The molecule has 1 heterocycles. The van der Waals surface area contributed by atoms with Gasteiger partial charge in [0.05, 0.1) is 19.3 Å². The van der Waals surface area contributed by atoms with E-state index in [-0.39, 0.29) is 32.1 Å². The summed E-state index contributed by atoms with van der Waals surface area (Å²) < 4.78 is 32.9. The molecule has 11 amide bonds. The van der Waals surface area contributed by atoms with Crippen LogP contribution in [0.4, 0.5) is 8.78 Å². The predicted molar refractivity (Wildman–Crippen MR) is 325 cm³/mol. The number of rotatable bonds is 36. The van der Waals surface area contributed by atoms with Gasteiger partial charge < -0.3 is 79.2 Å². The lowest BCUT2D eigenvalue weighted by atomic mass is 9.94. The minimum atomic E-state index is -2.84. The number of nitrogens with two attached hydrogens (primary N) is 1. The van der Waals surface area contributed by atoms with Crippen LogP contribution in [-0.2, 0) is 68.7 Å². The van der Waals surface area contributed by atoms with E-state index in [1.54, 1.807) is 54.7 Å². The van der Waals surface area contributed by atoms with E-state index in [9.17, 15) is 76.5 Å². The maximum atomic E-state index is 14.4. The Bertz CT molecular complexity index is 2640. The summed E-state index contributed by atoms with van der Waals surface area (Å²) in [5, 5.41) is 48.9. The second kappa shape index (κ2) is 37.5. The Labute approximate surface area is 524 Å². The number of amides is 11. The van der Waals surface area contributed by atoms with Crippen molar-refractivity contribution in [3.8, 4) is 0 Å². The second-order valence-corrected chi connectivity index (χ2v) is 23.5. The number of esters is 1. The molecule has 0 bridgehead atoms. The summed E-state index contributed by atoms with van der Waals surface area (Å²) in [6, 6.07) is -5.62. The molecule has 0 radical (unpaired) electrons. The number of nitrogens with one attached hydrogen (secondary N) is 11. The molecule has 1 spiro atoms. The van der Waals surface area contributed by atoms with Crippen molar-refractivity contribution >= 4 is 70.9 Å². The number of alkyl halides is 2. The van der Waals surface area contributed by atoms with E-state index in [1.165, 1.54) is 13.8 Å². The van der Waals surface area contributed by atoms with E-state index in [0.717, 1.165) is 5.56 Å². The largest absolute Gasteiger partial charge is 0.458 e. The number of cyclic esters (lactones) is 1. The summed E-state index contributed by atoms with van der Waals surface area (Å²) in [6.45, 7) is 14.1. The van der Waals surface area contributed by atoms with Crippen LogP contribution in [0.5, 0.6) is 0 Å². The molecule has 16 atom stereocenters. The number of allylic oxidation sites excluding steroid dienone is 1. The number of aliphatic hydroxyl groups is 2. The van der Waals surface area contributed by atoms with E-state index in [1.807, 2.05) is 30.3 Å². The van der Waals surface area contributed by atoms with Gasteiger partial charge in [0.15, 0.2) is 0 Å². The van der Waals surface area contributed by atoms with Crippen LogP contribution in [0.2, 0.25) is 0 Å².